The summed E-state index contributed by atoms with van der Waals surface area (Å²) in [4.78, 5) is 0. The second-order valence-electron chi connectivity index (χ2n) is 3.91. The Labute approximate surface area is 85.1 Å². The fraction of sp³-hybridized carbons (Fsp3) is 0.500. The highest BCUT2D eigenvalue weighted by molar-refractivity contribution is 5.37. The standard InChI is InChI=1S/C12H17NO/c1-2-5-9-8-11(13)10-6-3-4-7-12(10)14-9/h3-4,6-7,9,11H,2,5,8,13H2,1H3. The lowest BCUT2D eigenvalue weighted by Crippen LogP contribution is -2.29. The summed E-state index contributed by atoms with van der Waals surface area (Å²) in [5, 5.41) is 0. The molecule has 0 bridgehead atoms. The van der Waals surface area contributed by atoms with Crippen LogP contribution in [0.3, 0.4) is 0 Å². The number of benzene rings is 1. The maximum Gasteiger partial charge on any atom is 0.124 e. The zero-order chi connectivity index (χ0) is 9.97. The van der Waals surface area contributed by atoms with Crippen LogP contribution in [-0.2, 0) is 0 Å². The van der Waals surface area contributed by atoms with Gasteiger partial charge in [-0.05, 0) is 12.5 Å². The minimum absolute atomic E-state index is 0.150. The van der Waals surface area contributed by atoms with Gasteiger partial charge in [0.15, 0.2) is 0 Å². The van der Waals surface area contributed by atoms with Gasteiger partial charge in [0.2, 0.25) is 0 Å². The quantitative estimate of drug-likeness (QED) is 0.780. The predicted molar refractivity (Wildman–Crippen MR) is 57.3 cm³/mol. The molecule has 0 fully saturated rings. The first-order valence-corrected chi connectivity index (χ1v) is 5.32. The highest BCUT2D eigenvalue weighted by atomic mass is 16.5. The maximum atomic E-state index is 6.09. The summed E-state index contributed by atoms with van der Waals surface area (Å²) < 4.78 is 5.86. The van der Waals surface area contributed by atoms with E-state index >= 15 is 0 Å². The van der Waals surface area contributed by atoms with Crippen LogP contribution in [0.1, 0.15) is 37.8 Å². The molecule has 1 aliphatic rings. The van der Waals surface area contributed by atoms with Crippen molar-refractivity contribution < 1.29 is 4.74 Å². The van der Waals surface area contributed by atoms with Crippen molar-refractivity contribution in [2.75, 3.05) is 0 Å². The van der Waals surface area contributed by atoms with Crippen molar-refractivity contribution in [3.8, 4) is 5.75 Å². The molecule has 2 nitrogen and oxygen atoms in total. The molecule has 2 heteroatoms. The third-order valence-corrected chi connectivity index (χ3v) is 2.74. The van der Waals surface area contributed by atoms with E-state index in [1.807, 2.05) is 18.2 Å². The van der Waals surface area contributed by atoms with Crippen LogP contribution in [0.2, 0.25) is 0 Å². The van der Waals surface area contributed by atoms with E-state index in [4.69, 9.17) is 10.5 Å². The molecule has 0 saturated carbocycles. The molecule has 2 rings (SSSR count). The van der Waals surface area contributed by atoms with E-state index in [2.05, 4.69) is 13.0 Å². The number of para-hydroxylation sites is 1. The monoisotopic (exact) mass is 191 g/mol. The number of hydrogen-bond acceptors (Lipinski definition) is 2. The van der Waals surface area contributed by atoms with Gasteiger partial charge in [-0.15, -0.1) is 0 Å². The van der Waals surface area contributed by atoms with Gasteiger partial charge in [0.1, 0.15) is 11.9 Å². The molecular weight excluding hydrogens is 174 g/mol. The lowest BCUT2D eigenvalue weighted by atomic mass is 9.95. The van der Waals surface area contributed by atoms with Crippen molar-refractivity contribution in [2.24, 2.45) is 5.73 Å². The molecule has 1 heterocycles. The first-order valence-electron chi connectivity index (χ1n) is 5.32. The molecule has 1 aromatic carbocycles. The molecular formula is C12H17NO. The maximum absolute atomic E-state index is 6.09. The summed E-state index contributed by atoms with van der Waals surface area (Å²) in [6.45, 7) is 2.18. The van der Waals surface area contributed by atoms with E-state index in [1.54, 1.807) is 0 Å². The summed E-state index contributed by atoms with van der Waals surface area (Å²) in [6, 6.07) is 8.23. The summed E-state index contributed by atoms with van der Waals surface area (Å²) >= 11 is 0. The van der Waals surface area contributed by atoms with E-state index in [0.29, 0.717) is 6.10 Å². The van der Waals surface area contributed by atoms with Gasteiger partial charge >= 0.3 is 0 Å². The molecule has 0 radical (unpaired) electrons. The van der Waals surface area contributed by atoms with Crippen LogP contribution in [0.5, 0.6) is 5.75 Å². The Bertz CT molecular complexity index is 311. The minimum Gasteiger partial charge on any atom is -0.490 e. The Morgan fingerprint density at radius 3 is 3.00 bits per heavy atom. The van der Waals surface area contributed by atoms with Crippen LogP contribution in [0.4, 0.5) is 0 Å². The Morgan fingerprint density at radius 1 is 1.43 bits per heavy atom. The van der Waals surface area contributed by atoms with Crippen molar-refractivity contribution in [2.45, 2.75) is 38.3 Å². The molecule has 0 amide bonds. The van der Waals surface area contributed by atoms with Gasteiger partial charge < -0.3 is 10.5 Å². The SMILES string of the molecule is CCCC1CC(N)c2ccccc2O1. The number of ether oxygens (including phenoxy) is 1. The number of rotatable bonds is 2. The average Bonchev–Trinajstić information content (AvgIpc) is 2.18. The number of hydrogen-bond donors (Lipinski definition) is 1. The van der Waals surface area contributed by atoms with Crippen molar-refractivity contribution in [1.29, 1.82) is 0 Å². The third-order valence-electron chi connectivity index (χ3n) is 2.74. The van der Waals surface area contributed by atoms with Crippen LogP contribution in [0.25, 0.3) is 0 Å². The highest BCUT2D eigenvalue weighted by Gasteiger charge is 2.24. The first kappa shape index (κ1) is 9.53. The second-order valence-corrected chi connectivity index (χ2v) is 3.91. The molecule has 1 aromatic rings. The minimum atomic E-state index is 0.150. The van der Waals surface area contributed by atoms with Crippen molar-refractivity contribution >= 4 is 0 Å². The molecule has 2 N–H and O–H groups in total. The summed E-state index contributed by atoms with van der Waals surface area (Å²) in [7, 11) is 0. The topological polar surface area (TPSA) is 35.2 Å². The molecule has 2 atom stereocenters. The second kappa shape index (κ2) is 4.01. The third kappa shape index (κ3) is 1.75. The fourth-order valence-corrected chi connectivity index (χ4v) is 2.03. The zero-order valence-electron chi connectivity index (χ0n) is 8.57. The Morgan fingerprint density at radius 2 is 2.21 bits per heavy atom. The van der Waals surface area contributed by atoms with E-state index in [0.717, 1.165) is 30.6 Å². The van der Waals surface area contributed by atoms with Crippen LogP contribution in [0, 0.1) is 0 Å². The fourth-order valence-electron chi connectivity index (χ4n) is 2.03. The average molecular weight is 191 g/mol. The predicted octanol–water partition coefficient (Wildman–Crippen LogP) is 2.64. The Kier molecular flexibility index (Phi) is 2.73. The summed E-state index contributed by atoms with van der Waals surface area (Å²) in [5.74, 6) is 0.977. The summed E-state index contributed by atoms with van der Waals surface area (Å²) in [5.41, 5.74) is 7.24. The van der Waals surface area contributed by atoms with Crippen LogP contribution >= 0.6 is 0 Å². The highest BCUT2D eigenvalue weighted by Crippen LogP contribution is 2.34. The molecule has 0 saturated heterocycles. The van der Waals surface area contributed by atoms with Crippen molar-refractivity contribution in [3.63, 3.8) is 0 Å². The van der Waals surface area contributed by atoms with E-state index < -0.39 is 0 Å². The molecule has 0 aromatic heterocycles. The van der Waals surface area contributed by atoms with Crippen molar-refractivity contribution in [3.05, 3.63) is 29.8 Å². The van der Waals surface area contributed by atoms with Crippen molar-refractivity contribution in [1.82, 2.24) is 0 Å². The van der Waals surface area contributed by atoms with Gasteiger partial charge in [0.25, 0.3) is 0 Å². The van der Waals surface area contributed by atoms with E-state index in [1.165, 1.54) is 0 Å². The van der Waals surface area contributed by atoms with Gasteiger partial charge in [-0.3, -0.25) is 0 Å². The van der Waals surface area contributed by atoms with E-state index in [-0.39, 0.29) is 6.04 Å². The molecule has 14 heavy (non-hydrogen) atoms. The van der Waals surface area contributed by atoms with Crippen LogP contribution < -0.4 is 10.5 Å². The lowest BCUT2D eigenvalue weighted by molar-refractivity contribution is 0.149. The lowest BCUT2D eigenvalue weighted by Gasteiger charge is -2.30. The van der Waals surface area contributed by atoms with E-state index in [9.17, 15) is 0 Å². The summed E-state index contributed by atoms with van der Waals surface area (Å²) in [6.07, 6.45) is 3.51. The largest absolute Gasteiger partial charge is 0.490 e. The Hall–Kier alpha value is -1.02. The van der Waals surface area contributed by atoms with Crippen LogP contribution in [0.15, 0.2) is 24.3 Å². The van der Waals surface area contributed by atoms with Gasteiger partial charge in [-0.25, -0.2) is 0 Å². The normalized spacial score (nSPS) is 25.3. The molecule has 0 spiro atoms. The van der Waals surface area contributed by atoms with Gasteiger partial charge in [0, 0.05) is 18.0 Å². The molecule has 0 aliphatic carbocycles. The Balaban J connectivity index is 2.20. The van der Waals surface area contributed by atoms with Gasteiger partial charge in [0.05, 0.1) is 0 Å². The number of nitrogens with two attached hydrogens (primary N) is 1. The molecule has 2 unspecified atom stereocenters. The molecule has 76 valence electrons. The van der Waals surface area contributed by atoms with Gasteiger partial charge in [-0.1, -0.05) is 31.5 Å². The first-order chi connectivity index (χ1) is 6.81. The van der Waals surface area contributed by atoms with Crippen LogP contribution in [-0.4, -0.2) is 6.10 Å². The smallest absolute Gasteiger partial charge is 0.124 e. The van der Waals surface area contributed by atoms with Gasteiger partial charge in [-0.2, -0.15) is 0 Å². The number of fused-ring (bicyclic) bond motifs is 1. The molecule has 1 aliphatic heterocycles. The zero-order valence-corrected chi connectivity index (χ0v) is 8.57.